The first-order valence-electron chi connectivity index (χ1n) is 16.6. The topological polar surface area (TPSA) is 157 Å². The number of fused-ring (bicyclic) bond motifs is 1. The van der Waals surface area contributed by atoms with E-state index in [9.17, 15) is 18.3 Å². The standard InChI is InChI=1S/C37H38FN5O6S/c1-21-6-4-7-22(2)34(21)29-17-33(42-36(41-29)43-50(46,47)26-9-5-8-24(14-26)35(44)45)48-20-25(18-37(3)12-13-37)39-19-30-27(38)15-32-28(40-30)16-31(49-32)23-10-11-23/h4-9,14-17,23,25,39H,10-13,18-20H2,1-3H3,(H,44,45)(H,41,42,43)/t25-/m1/s1. The van der Waals surface area contributed by atoms with E-state index in [2.05, 4.69) is 31.9 Å². The molecule has 2 aliphatic carbocycles. The minimum absolute atomic E-state index is 0.126. The summed E-state index contributed by atoms with van der Waals surface area (Å²) in [4.78, 5) is 24.8. The zero-order valence-electron chi connectivity index (χ0n) is 28.0. The normalized spacial score (nSPS) is 15.9. The number of benzene rings is 2. The molecule has 2 fully saturated rings. The van der Waals surface area contributed by atoms with Crippen LogP contribution in [-0.2, 0) is 16.6 Å². The van der Waals surface area contributed by atoms with Crippen LogP contribution in [0.25, 0.3) is 22.4 Å². The summed E-state index contributed by atoms with van der Waals surface area (Å²) in [6, 6.07) is 15.6. The van der Waals surface area contributed by atoms with Gasteiger partial charge in [0.1, 0.15) is 23.7 Å². The molecule has 0 spiro atoms. The van der Waals surface area contributed by atoms with Crippen molar-refractivity contribution < 1.29 is 31.9 Å². The number of anilines is 1. The minimum Gasteiger partial charge on any atom is -0.478 e. The Bertz CT molecular complexity index is 2190. The molecule has 0 saturated heterocycles. The lowest BCUT2D eigenvalue weighted by molar-refractivity contribution is 0.0696. The van der Waals surface area contributed by atoms with Gasteiger partial charge in [-0.2, -0.15) is 4.98 Å². The first-order valence-corrected chi connectivity index (χ1v) is 18.1. The predicted octanol–water partition coefficient (Wildman–Crippen LogP) is 7.14. The Morgan fingerprint density at radius 2 is 1.80 bits per heavy atom. The van der Waals surface area contributed by atoms with E-state index in [1.54, 1.807) is 6.07 Å². The molecule has 3 aromatic heterocycles. The van der Waals surface area contributed by atoms with Crippen LogP contribution in [0.4, 0.5) is 10.3 Å². The lowest BCUT2D eigenvalue weighted by atomic mass is 9.99. The SMILES string of the molecule is Cc1cccc(C)c1-c1cc(OC[C@@H](CC2(C)CC2)NCc2nc3cc(C4CC4)oc3cc2F)nc(NS(=O)(=O)c2cccc(C(=O)O)c2)n1. The fourth-order valence-electron chi connectivity index (χ4n) is 6.19. The van der Waals surface area contributed by atoms with Crippen LogP contribution >= 0.6 is 0 Å². The Morgan fingerprint density at radius 3 is 2.50 bits per heavy atom. The molecule has 7 rings (SSSR count). The molecule has 0 bridgehead atoms. The van der Waals surface area contributed by atoms with Crippen molar-refractivity contribution in [3.05, 3.63) is 94.6 Å². The molecule has 2 aliphatic rings. The summed E-state index contributed by atoms with van der Waals surface area (Å²) in [5.41, 5.74) is 4.42. The van der Waals surface area contributed by atoms with Crippen LogP contribution in [0.15, 0.2) is 70.0 Å². The van der Waals surface area contributed by atoms with Crippen LogP contribution < -0.4 is 14.8 Å². The summed E-state index contributed by atoms with van der Waals surface area (Å²) in [6.45, 7) is 6.40. The molecule has 1 atom stereocenters. The number of sulfonamides is 1. The number of carboxylic acid groups (broad SMARTS) is 1. The lowest BCUT2D eigenvalue weighted by Crippen LogP contribution is -2.36. The Labute approximate surface area is 289 Å². The zero-order chi connectivity index (χ0) is 35.2. The third-order valence-electron chi connectivity index (χ3n) is 9.42. The molecule has 5 aromatic rings. The second-order valence-corrected chi connectivity index (χ2v) is 15.4. The van der Waals surface area contributed by atoms with Gasteiger partial charge in [-0.15, -0.1) is 0 Å². The molecule has 50 heavy (non-hydrogen) atoms. The molecule has 0 amide bonds. The van der Waals surface area contributed by atoms with Crippen molar-refractivity contribution in [2.45, 2.75) is 76.3 Å². The van der Waals surface area contributed by atoms with Gasteiger partial charge in [0.05, 0.1) is 21.8 Å². The van der Waals surface area contributed by atoms with Crippen LogP contribution in [-0.4, -0.2) is 47.1 Å². The number of ether oxygens (including phenoxy) is 1. The smallest absolute Gasteiger partial charge is 0.335 e. The summed E-state index contributed by atoms with van der Waals surface area (Å²) in [6.07, 6.45) is 5.06. The van der Waals surface area contributed by atoms with Gasteiger partial charge in [-0.25, -0.2) is 32.3 Å². The number of carboxylic acids is 1. The van der Waals surface area contributed by atoms with Gasteiger partial charge < -0.3 is 19.6 Å². The predicted molar refractivity (Wildman–Crippen MR) is 185 cm³/mol. The maximum Gasteiger partial charge on any atom is 0.335 e. The maximum atomic E-state index is 15.1. The van der Waals surface area contributed by atoms with Crippen molar-refractivity contribution in [2.75, 3.05) is 11.3 Å². The molecular formula is C37H38FN5O6S. The number of halogens is 1. The second-order valence-electron chi connectivity index (χ2n) is 13.7. The molecular weight excluding hydrogens is 662 g/mol. The number of rotatable bonds is 14. The number of aromatic nitrogens is 3. The quantitative estimate of drug-likeness (QED) is 0.109. The molecule has 3 heterocycles. The maximum absolute atomic E-state index is 15.1. The van der Waals surface area contributed by atoms with Crippen molar-refractivity contribution in [1.82, 2.24) is 20.3 Å². The number of hydrogen-bond donors (Lipinski definition) is 3. The highest BCUT2D eigenvalue weighted by atomic mass is 32.2. The van der Waals surface area contributed by atoms with Crippen molar-refractivity contribution in [3.8, 4) is 17.1 Å². The van der Waals surface area contributed by atoms with Gasteiger partial charge in [0.2, 0.25) is 11.8 Å². The third kappa shape index (κ3) is 7.48. The van der Waals surface area contributed by atoms with E-state index in [0.29, 0.717) is 22.7 Å². The van der Waals surface area contributed by atoms with E-state index < -0.39 is 21.8 Å². The van der Waals surface area contributed by atoms with E-state index in [4.69, 9.17) is 9.15 Å². The van der Waals surface area contributed by atoms with Crippen LogP contribution in [0.3, 0.4) is 0 Å². The molecule has 2 saturated carbocycles. The first kappa shape index (κ1) is 33.6. The van der Waals surface area contributed by atoms with Gasteiger partial charge in [0.15, 0.2) is 5.58 Å². The fraction of sp³-hybridized carbons (Fsp3) is 0.351. The molecule has 3 N–H and O–H groups in total. The summed E-state index contributed by atoms with van der Waals surface area (Å²) in [7, 11) is -4.27. The van der Waals surface area contributed by atoms with Crippen LogP contribution in [0.5, 0.6) is 5.88 Å². The van der Waals surface area contributed by atoms with Crippen LogP contribution in [0.1, 0.15) is 77.9 Å². The van der Waals surface area contributed by atoms with Gasteiger partial charge in [-0.3, -0.25) is 0 Å². The van der Waals surface area contributed by atoms with E-state index in [1.165, 1.54) is 24.3 Å². The number of nitrogens with zero attached hydrogens (tertiary/aromatic N) is 3. The van der Waals surface area contributed by atoms with Gasteiger partial charge in [-0.1, -0.05) is 31.2 Å². The van der Waals surface area contributed by atoms with Gasteiger partial charge >= 0.3 is 5.97 Å². The number of furan rings is 1. The number of nitrogens with one attached hydrogen (secondary N) is 2. The summed E-state index contributed by atoms with van der Waals surface area (Å²) < 4.78 is 56.4. The minimum atomic E-state index is -4.27. The fourth-order valence-corrected chi connectivity index (χ4v) is 7.18. The number of aromatic carboxylic acids is 1. The first-order chi connectivity index (χ1) is 23.9. The Hall–Kier alpha value is -4.88. The van der Waals surface area contributed by atoms with E-state index in [1.807, 2.05) is 38.1 Å². The molecule has 260 valence electrons. The molecule has 0 unspecified atom stereocenters. The summed E-state index contributed by atoms with van der Waals surface area (Å²) >= 11 is 0. The van der Waals surface area contributed by atoms with Crippen molar-refractivity contribution in [3.63, 3.8) is 0 Å². The van der Waals surface area contributed by atoms with Crippen LogP contribution in [0.2, 0.25) is 0 Å². The molecule has 0 aliphatic heterocycles. The Balaban J connectivity index is 1.15. The molecule has 0 radical (unpaired) electrons. The van der Waals surface area contributed by atoms with Gasteiger partial charge in [0.25, 0.3) is 10.0 Å². The summed E-state index contributed by atoms with van der Waals surface area (Å²) in [5, 5.41) is 12.8. The van der Waals surface area contributed by atoms with Gasteiger partial charge in [0, 0.05) is 42.3 Å². The zero-order valence-corrected chi connectivity index (χ0v) is 28.8. The van der Waals surface area contributed by atoms with E-state index >= 15 is 4.39 Å². The molecule has 11 nitrogen and oxygen atoms in total. The van der Waals surface area contributed by atoms with Gasteiger partial charge in [-0.05, 0) is 80.7 Å². The van der Waals surface area contributed by atoms with E-state index in [0.717, 1.165) is 60.6 Å². The average molecular weight is 700 g/mol. The second kappa shape index (κ2) is 13.1. The Morgan fingerprint density at radius 1 is 1.06 bits per heavy atom. The van der Waals surface area contributed by atoms with Crippen molar-refractivity contribution >= 4 is 33.0 Å². The van der Waals surface area contributed by atoms with Crippen molar-refractivity contribution in [2.24, 2.45) is 5.41 Å². The highest BCUT2D eigenvalue weighted by molar-refractivity contribution is 7.92. The third-order valence-corrected chi connectivity index (χ3v) is 10.7. The average Bonchev–Trinajstić information content (AvgIpc) is 4.00. The highest BCUT2D eigenvalue weighted by Gasteiger charge is 2.39. The Kier molecular flexibility index (Phi) is 8.81. The number of pyridine rings is 1. The van der Waals surface area contributed by atoms with E-state index in [-0.39, 0.29) is 52.6 Å². The molecule has 13 heteroatoms. The van der Waals surface area contributed by atoms with Crippen LogP contribution in [0, 0.1) is 25.1 Å². The number of aryl methyl sites for hydroxylation is 2. The lowest BCUT2D eigenvalue weighted by Gasteiger charge is -2.22. The number of hydrogen-bond acceptors (Lipinski definition) is 9. The summed E-state index contributed by atoms with van der Waals surface area (Å²) in [5.74, 6) is -0.545. The highest BCUT2D eigenvalue weighted by Crippen LogP contribution is 2.49. The number of carbonyl (C=O) groups is 1. The largest absolute Gasteiger partial charge is 0.478 e. The van der Waals surface area contributed by atoms with Crippen molar-refractivity contribution in [1.29, 1.82) is 0 Å². The molecule has 2 aromatic carbocycles. The monoisotopic (exact) mass is 699 g/mol.